The summed E-state index contributed by atoms with van der Waals surface area (Å²) >= 11 is 6.36. The molecule has 3 aromatic carbocycles. The Hall–Kier alpha value is -4.10. The molecule has 8 heteroatoms. The van der Waals surface area contributed by atoms with Gasteiger partial charge in [0, 0.05) is 12.1 Å². The highest BCUT2D eigenvalue weighted by Crippen LogP contribution is 2.73. The van der Waals surface area contributed by atoms with E-state index in [4.69, 9.17) is 11.6 Å². The molecule has 0 spiro atoms. The van der Waals surface area contributed by atoms with Crippen molar-refractivity contribution in [1.29, 1.82) is 0 Å². The maximum atomic E-state index is 14.3. The summed E-state index contributed by atoms with van der Waals surface area (Å²) in [4.78, 5) is 54.1. The van der Waals surface area contributed by atoms with Gasteiger partial charge in [0.05, 0.1) is 38.3 Å². The lowest BCUT2D eigenvalue weighted by Gasteiger charge is -2.35. The molecule has 1 saturated heterocycles. The van der Waals surface area contributed by atoms with Gasteiger partial charge in [-0.2, -0.15) is 0 Å². The first-order valence-corrected chi connectivity index (χ1v) is 12.2. The van der Waals surface area contributed by atoms with E-state index in [1.165, 1.54) is 12.1 Å². The summed E-state index contributed by atoms with van der Waals surface area (Å²) < 4.78 is 0. The van der Waals surface area contributed by atoms with Crippen LogP contribution < -0.4 is 4.90 Å². The van der Waals surface area contributed by atoms with E-state index < -0.39 is 39.4 Å². The Balaban J connectivity index is 1.61. The Labute approximate surface area is 217 Å². The molecule has 37 heavy (non-hydrogen) atoms. The number of amides is 2. The van der Waals surface area contributed by atoms with Crippen molar-refractivity contribution in [3.63, 3.8) is 0 Å². The molecule has 0 aromatic heterocycles. The summed E-state index contributed by atoms with van der Waals surface area (Å²) in [6, 6.07) is 22.6. The molecule has 0 radical (unpaired) electrons. The number of nitro groups is 1. The third-order valence-electron chi connectivity index (χ3n) is 8.29. The molecule has 2 fully saturated rings. The number of rotatable bonds is 4. The van der Waals surface area contributed by atoms with E-state index in [0.29, 0.717) is 0 Å². The van der Waals surface area contributed by atoms with E-state index in [1.54, 1.807) is 13.8 Å². The number of non-ortho nitro benzene ring substituents is 1. The van der Waals surface area contributed by atoms with Crippen molar-refractivity contribution in [2.45, 2.75) is 13.8 Å². The van der Waals surface area contributed by atoms with Gasteiger partial charge in [-0.1, -0.05) is 72.3 Å². The van der Waals surface area contributed by atoms with Gasteiger partial charge in [-0.05, 0) is 42.2 Å². The molecule has 184 valence electrons. The van der Waals surface area contributed by atoms with Crippen molar-refractivity contribution < 1.29 is 19.3 Å². The minimum Gasteiger partial charge on any atom is -0.298 e. The maximum Gasteiger partial charge on any atom is 0.271 e. The third kappa shape index (κ3) is 2.80. The summed E-state index contributed by atoms with van der Waals surface area (Å²) in [6.45, 7) is 3.50. The predicted octanol–water partition coefficient (Wildman–Crippen LogP) is 5.57. The van der Waals surface area contributed by atoms with Crippen LogP contribution in [-0.4, -0.2) is 22.5 Å². The minimum absolute atomic E-state index is 0.0400. The molecule has 2 amide bonds. The first-order chi connectivity index (χ1) is 17.6. The number of Topliss-reactive ketones (excluding diaryl/α,β-unsaturated/α-hetero) is 1. The van der Waals surface area contributed by atoms with Crippen molar-refractivity contribution in [3.8, 4) is 0 Å². The molecular formula is C29H21ClN2O5. The fourth-order valence-corrected chi connectivity index (χ4v) is 7.04. The molecule has 1 aliphatic heterocycles. The van der Waals surface area contributed by atoms with Crippen LogP contribution in [-0.2, 0) is 14.4 Å². The number of imide groups is 1. The van der Waals surface area contributed by atoms with Crippen molar-refractivity contribution in [3.05, 3.63) is 105 Å². The first kappa shape index (κ1) is 23.3. The van der Waals surface area contributed by atoms with E-state index >= 15 is 0 Å². The number of carbonyl (C=O) groups excluding carboxylic acids is 3. The molecule has 2 bridgehead atoms. The number of nitrogens with zero attached hydrogens (tertiary/aromatic N) is 2. The molecule has 0 N–H and O–H groups in total. The van der Waals surface area contributed by atoms with Crippen LogP contribution in [0.15, 0.2) is 78.9 Å². The van der Waals surface area contributed by atoms with Crippen LogP contribution in [0.4, 0.5) is 11.4 Å². The standard InChI is InChI=1S/C29H21ClN2O5/c1-28-21(16-9-5-3-6-10-16)22(17-11-7-4-8-12-17)29(2,27(28)35)24-23(28)25(33)31(26(24)34)20-15-18(32(36)37)13-14-19(20)30/h3-15,23-24H,1-2H3/t23-,24+,28-,29+. The van der Waals surface area contributed by atoms with E-state index in [2.05, 4.69) is 0 Å². The number of ketones is 1. The molecule has 3 aliphatic rings. The summed E-state index contributed by atoms with van der Waals surface area (Å²) in [6.07, 6.45) is 0. The topological polar surface area (TPSA) is 97.6 Å². The zero-order chi connectivity index (χ0) is 26.3. The molecule has 6 rings (SSSR count). The van der Waals surface area contributed by atoms with Crippen molar-refractivity contribution >= 4 is 51.7 Å². The number of anilines is 1. The van der Waals surface area contributed by atoms with Gasteiger partial charge in [0.1, 0.15) is 0 Å². The third-order valence-corrected chi connectivity index (χ3v) is 8.61. The fourth-order valence-electron chi connectivity index (χ4n) is 6.83. The van der Waals surface area contributed by atoms with Crippen LogP contribution in [0.3, 0.4) is 0 Å². The summed E-state index contributed by atoms with van der Waals surface area (Å²) in [5, 5.41) is 11.5. The lowest BCUT2D eigenvalue weighted by molar-refractivity contribution is -0.384. The van der Waals surface area contributed by atoms with Crippen molar-refractivity contribution in [2.24, 2.45) is 22.7 Å². The van der Waals surface area contributed by atoms with Gasteiger partial charge < -0.3 is 0 Å². The van der Waals surface area contributed by atoms with E-state index in [-0.39, 0.29) is 22.2 Å². The van der Waals surface area contributed by atoms with Crippen LogP contribution in [0.2, 0.25) is 5.02 Å². The fraction of sp³-hybridized carbons (Fsp3) is 0.207. The molecule has 4 atom stereocenters. The van der Waals surface area contributed by atoms with Gasteiger partial charge >= 0.3 is 0 Å². The number of nitro benzene ring substituents is 1. The molecule has 0 unspecified atom stereocenters. The van der Waals surface area contributed by atoms with Gasteiger partial charge in [-0.3, -0.25) is 24.5 Å². The van der Waals surface area contributed by atoms with Crippen LogP contribution in [0.5, 0.6) is 0 Å². The summed E-state index contributed by atoms with van der Waals surface area (Å²) in [5.41, 5.74) is 0.213. The number of hydrogen-bond donors (Lipinski definition) is 0. The Morgan fingerprint density at radius 2 is 1.24 bits per heavy atom. The number of halogens is 1. The second kappa shape index (κ2) is 7.70. The van der Waals surface area contributed by atoms with Gasteiger partial charge in [0.2, 0.25) is 11.8 Å². The molecule has 3 aromatic rings. The zero-order valence-corrected chi connectivity index (χ0v) is 20.7. The maximum absolute atomic E-state index is 14.3. The van der Waals surface area contributed by atoms with E-state index in [0.717, 1.165) is 33.2 Å². The Morgan fingerprint density at radius 3 is 1.68 bits per heavy atom. The molecule has 1 heterocycles. The quantitative estimate of drug-likeness (QED) is 0.258. The average Bonchev–Trinajstić information content (AvgIpc) is 3.34. The van der Waals surface area contributed by atoms with Gasteiger partial charge in [0.15, 0.2) is 5.78 Å². The lowest BCUT2D eigenvalue weighted by atomic mass is 9.63. The molecular weight excluding hydrogens is 492 g/mol. The van der Waals surface area contributed by atoms with Crippen LogP contribution in [0.25, 0.3) is 11.1 Å². The average molecular weight is 513 g/mol. The minimum atomic E-state index is -1.28. The molecule has 7 nitrogen and oxygen atoms in total. The van der Waals surface area contributed by atoms with E-state index in [9.17, 15) is 24.5 Å². The van der Waals surface area contributed by atoms with E-state index in [1.807, 2.05) is 60.7 Å². The highest BCUT2D eigenvalue weighted by atomic mass is 35.5. The molecule has 2 aliphatic carbocycles. The Kier molecular flexibility index (Phi) is 4.85. The number of benzene rings is 3. The first-order valence-electron chi connectivity index (χ1n) is 11.9. The Bertz CT molecular complexity index is 1480. The van der Waals surface area contributed by atoms with Gasteiger partial charge in [-0.25, -0.2) is 4.90 Å². The second-order valence-electron chi connectivity index (χ2n) is 10.1. The number of allylic oxidation sites excluding steroid dienone is 2. The highest BCUT2D eigenvalue weighted by Gasteiger charge is 2.79. The van der Waals surface area contributed by atoms with Gasteiger partial charge in [0.25, 0.3) is 5.69 Å². The van der Waals surface area contributed by atoms with Crippen LogP contribution in [0.1, 0.15) is 25.0 Å². The van der Waals surface area contributed by atoms with Crippen LogP contribution >= 0.6 is 11.6 Å². The molecule has 1 saturated carbocycles. The Morgan fingerprint density at radius 1 is 0.784 bits per heavy atom. The van der Waals surface area contributed by atoms with Gasteiger partial charge in [-0.15, -0.1) is 0 Å². The number of hydrogen-bond acceptors (Lipinski definition) is 5. The second-order valence-corrected chi connectivity index (χ2v) is 10.5. The largest absolute Gasteiger partial charge is 0.298 e. The van der Waals surface area contributed by atoms with Crippen molar-refractivity contribution in [1.82, 2.24) is 0 Å². The van der Waals surface area contributed by atoms with Crippen LogP contribution in [0, 0.1) is 32.8 Å². The zero-order valence-electron chi connectivity index (χ0n) is 20.0. The lowest BCUT2D eigenvalue weighted by Crippen LogP contribution is -2.40. The smallest absolute Gasteiger partial charge is 0.271 e. The normalized spacial score (nSPS) is 28.3. The number of carbonyl (C=O) groups is 3. The highest BCUT2D eigenvalue weighted by molar-refractivity contribution is 6.38. The summed E-state index contributed by atoms with van der Waals surface area (Å²) in [7, 11) is 0. The monoisotopic (exact) mass is 512 g/mol. The predicted molar refractivity (Wildman–Crippen MR) is 138 cm³/mol. The SMILES string of the molecule is C[C@]12C(=O)[C@](C)(C(c3ccccc3)=C1c1ccccc1)[C@H]1C(=O)N(c3cc([N+](=O)[O-])ccc3Cl)C(=O)[C@H]12. The number of fused-ring (bicyclic) bond motifs is 5. The van der Waals surface area contributed by atoms with Crippen molar-refractivity contribution in [2.75, 3.05) is 4.90 Å². The summed E-state index contributed by atoms with van der Waals surface area (Å²) in [5.74, 6) is -3.24.